The van der Waals surface area contributed by atoms with Crippen LogP contribution in [-0.4, -0.2) is 22.7 Å². The van der Waals surface area contributed by atoms with E-state index in [0.29, 0.717) is 0 Å². The van der Waals surface area contributed by atoms with Crippen molar-refractivity contribution >= 4 is 0 Å². The summed E-state index contributed by atoms with van der Waals surface area (Å²) in [6.45, 7) is -0.206. The molecule has 1 aromatic carbocycles. The average Bonchev–Trinajstić information content (AvgIpc) is 2.82. The van der Waals surface area contributed by atoms with E-state index in [-0.39, 0.29) is 5.75 Å². The van der Waals surface area contributed by atoms with Crippen molar-refractivity contribution in [3.63, 3.8) is 0 Å². The van der Waals surface area contributed by atoms with Gasteiger partial charge in [-0.25, -0.2) is 4.98 Å². The summed E-state index contributed by atoms with van der Waals surface area (Å²) < 4.78 is 30.5. The van der Waals surface area contributed by atoms with Gasteiger partial charge in [-0.3, -0.25) is 0 Å². The Kier molecular flexibility index (Phi) is 3.16. The Bertz CT molecular complexity index is 542. The molecule has 2 aromatic rings. The maximum absolute atomic E-state index is 12.1. The van der Waals surface area contributed by atoms with E-state index in [9.17, 15) is 8.78 Å². The fourth-order valence-corrected chi connectivity index (χ4v) is 2.13. The molecule has 3 rings (SSSR count). The van der Waals surface area contributed by atoms with Crippen molar-refractivity contribution in [2.24, 2.45) is 0 Å². The Morgan fingerprint density at radius 2 is 2.05 bits per heavy atom. The van der Waals surface area contributed by atoms with Gasteiger partial charge in [0.25, 0.3) is 0 Å². The second-order valence-electron chi connectivity index (χ2n) is 4.32. The van der Waals surface area contributed by atoms with Gasteiger partial charge in [0, 0.05) is 24.8 Å². The Hall–Kier alpha value is -1.95. The van der Waals surface area contributed by atoms with Crippen molar-refractivity contribution in [2.75, 3.05) is 6.54 Å². The van der Waals surface area contributed by atoms with Gasteiger partial charge in [0.2, 0.25) is 0 Å². The minimum absolute atomic E-state index is 0.157. The van der Waals surface area contributed by atoms with Crippen molar-refractivity contribution in [1.29, 1.82) is 0 Å². The lowest BCUT2D eigenvalue weighted by atomic mass is 10.2. The number of alkyl halides is 2. The Labute approximate surface area is 109 Å². The van der Waals surface area contributed by atoms with Crippen LogP contribution in [-0.2, 0) is 13.1 Å². The highest BCUT2D eigenvalue weighted by atomic mass is 19.3. The van der Waals surface area contributed by atoms with Crippen LogP contribution in [0.5, 0.6) is 5.75 Å². The molecule has 1 aliphatic rings. The minimum atomic E-state index is -2.79. The second-order valence-corrected chi connectivity index (χ2v) is 4.32. The summed E-state index contributed by atoms with van der Waals surface area (Å²) in [5, 5.41) is 3.25. The number of nitrogens with one attached hydrogen (secondary N) is 1. The molecule has 1 aromatic heterocycles. The predicted molar refractivity (Wildman–Crippen MR) is 66.0 cm³/mol. The van der Waals surface area contributed by atoms with E-state index in [4.69, 9.17) is 0 Å². The van der Waals surface area contributed by atoms with Gasteiger partial charge in [0.15, 0.2) is 0 Å². The van der Waals surface area contributed by atoms with Gasteiger partial charge in [-0.1, -0.05) is 0 Å². The van der Waals surface area contributed by atoms with Crippen molar-refractivity contribution in [2.45, 2.75) is 19.7 Å². The Balaban J connectivity index is 1.83. The van der Waals surface area contributed by atoms with Crippen LogP contribution in [0.15, 0.2) is 30.5 Å². The van der Waals surface area contributed by atoms with E-state index < -0.39 is 6.61 Å². The number of ether oxygens (including phenoxy) is 1. The molecule has 2 heterocycles. The largest absolute Gasteiger partial charge is 0.435 e. The number of aromatic nitrogens is 2. The summed E-state index contributed by atoms with van der Waals surface area (Å²) in [4.78, 5) is 4.52. The molecule has 4 nitrogen and oxygen atoms in total. The topological polar surface area (TPSA) is 39.1 Å². The summed E-state index contributed by atoms with van der Waals surface area (Å²) in [7, 11) is 0. The molecule has 0 saturated carbocycles. The molecule has 0 spiro atoms. The summed E-state index contributed by atoms with van der Waals surface area (Å²) in [6, 6.07) is 6.52. The van der Waals surface area contributed by atoms with E-state index >= 15 is 0 Å². The number of rotatable bonds is 3. The number of halogens is 2. The first-order chi connectivity index (χ1) is 9.22. The fraction of sp³-hybridized carbons (Fsp3) is 0.308. The lowest BCUT2D eigenvalue weighted by Gasteiger charge is -2.13. The molecular formula is C13H13F2N3O. The Morgan fingerprint density at radius 1 is 1.26 bits per heavy atom. The zero-order chi connectivity index (χ0) is 13.2. The molecule has 0 saturated heterocycles. The predicted octanol–water partition coefficient (Wildman–Crippen LogP) is 2.25. The van der Waals surface area contributed by atoms with Gasteiger partial charge in [-0.05, 0) is 24.3 Å². The van der Waals surface area contributed by atoms with Gasteiger partial charge in [0.05, 0.1) is 12.2 Å². The number of hydrogen-bond donors (Lipinski definition) is 1. The van der Waals surface area contributed by atoms with Crippen LogP contribution >= 0.6 is 0 Å². The Morgan fingerprint density at radius 3 is 2.74 bits per heavy atom. The number of benzene rings is 1. The lowest BCUT2D eigenvalue weighted by Crippen LogP contribution is -2.27. The maximum Gasteiger partial charge on any atom is 0.387 e. The van der Waals surface area contributed by atoms with Crippen LogP contribution in [0.2, 0.25) is 0 Å². The molecule has 1 aliphatic heterocycles. The second kappa shape index (κ2) is 4.97. The highest BCUT2D eigenvalue weighted by Crippen LogP contribution is 2.23. The number of nitrogens with zero attached hydrogens (tertiary/aromatic N) is 2. The lowest BCUT2D eigenvalue weighted by molar-refractivity contribution is -0.0498. The van der Waals surface area contributed by atoms with Gasteiger partial charge >= 0.3 is 6.61 Å². The van der Waals surface area contributed by atoms with Crippen LogP contribution < -0.4 is 10.1 Å². The number of fused-ring (bicyclic) bond motifs is 1. The average molecular weight is 265 g/mol. The van der Waals surface area contributed by atoms with Crippen LogP contribution in [0.3, 0.4) is 0 Å². The standard InChI is InChI=1S/C13H13F2N3O/c14-13(15)19-10-3-1-9(2-4-10)11-8-18-6-5-16-7-12(18)17-11/h1-4,8,13,16H,5-7H2. The maximum atomic E-state index is 12.1. The SMILES string of the molecule is FC(F)Oc1ccc(-c2cn3c(n2)CNCC3)cc1. The molecule has 100 valence electrons. The van der Waals surface area contributed by atoms with Crippen LogP contribution in [0.1, 0.15) is 5.82 Å². The van der Waals surface area contributed by atoms with Gasteiger partial charge in [0.1, 0.15) is 11.6 Å². The molecule has 0 fully saturated rings. The molecule has 0 amide bonds. The van der Waals surface area contributed by atoms with E-state index in [1.54, 1.807) is 12.1 Å². The van der Waals surface area contributed by atoms with Gasteiger partial charge < -0.3 is 14.6 Å². The third-order valence-corrected chi connectivity index (χ3v) is 3.05. The summed E-state index contributed by atoms with van der Waals surface area (Å²) in [5.41, 5.74) is 1.74. The highest BCUT2D eigenvalue weighted by Gasteiger charge is 2.13. The quantitative estimate of drug-likeness (QED) is 0.925. The van der Waals surface area contributed by atoms with E-state index in [1.165, 1.54) is 12.1 Å². The van der Waals surface area contributed by atoms with Crippen LogP contribution in [0.25, 0.3) is 11.3 Å². The summed E-state index contributed by atoms with van der Waals surface area (Å²) >= 11 is 0. The van der Waals surface area contributed by atoms with Crippen LogP contribution in [0.4, 0.5) is 8.78 Å². The van der Waals surface area contributed by atoms with Crippen molar-refractivity contribution in [1.82, 2.24) is 14.9 Å². The first-order valence-electron chi connectivity index (χ1n) is 6.04. The first-order valence-corrected chi connectivity index (χ1v) is 6.04. The minimum Gasteiger partial charge on any atom is -0.435 e. The van der Waals surface area contributed by atoms with Crippen LogP contribution in [0, 0.1) is 0 Å². The third-order valence-electron chi connectivity index (χ3n) is 3.05. The van der Waals surface area contributed by atoms with Gasteiger partial charge in [-0.15, -0.1) is 0 Å². The zero-order valence-corrected chi connectivity index (χ0v) is 10.1. The van der Waals surface area contributed by atoms with Crippen molar-refractivity contribution in [3.05, 3.63) is 36.3 Å². The molecule has 19 heavy (non-hydrogen) atoms. The third kappa shape index (κ3) is 2.58. The molecule has 0 radical (unpaired) electrons. The zero-order valence-electron chi connectivity index (χ0n) is 10.1. The normalized spacial score (nSPS) is 14.5. The van der Waals surface area contributed by atoms with E-state index in [0.717, 1.165) is 36.7 Å². The number of hydrogen-bond acceptors (Lipinski definition) is 3. The molecule has 0 aliphatic carbocycles. The van der Waals surface area contributed by atoms with Crippen molar-refractivity contribution < 1.29 is 13.5 Å². The van der Waals surface area contributed by atoms with Gasteiger partial charge in [-0.2, -0.15) is 8.78 Å². The summed E-state index contributed by atoms with van der Waals surface area (Å²) in [5.74, 6) is 1.15. The first kappa shape index (κ1) is 12.1. The molecule has 0 bridgehead atoms. The number of imidazole rings is 1. The molecule has 0 atom stereocenters. The van der Waals surface area contributed by atoms with Crippen molar-refractivity contribution in [3.8, 4) is 17.0 Å². The van der Waals surface area contributed by atoms with E-state index in [2.05, 4.69) is 19.6 Å². The van der Waals surface area contributed by atoms with E-state index in [1.807, 2.05) is 6.20 Å². The molecule has 1 N–H and O–H groups in total. The highest BCUT2D eigenvalue weighted by molar-refractivity contribution is 5.59. The summed E-state index contributed by atoms with van der Waals surface area (Å²) in [6.07, 6.45) is 1.99. The molecule has 0 unspecified atom stereocenters. The molecule has 6 heteroatoms. The smallest absolute Gasteiger partial charge is 0.387 e. The monoisotopic (exact) mass is 265 g/mol. The molecular weight excluding hydrogens is 252 g/mol. The fourth-order valence-electron chi connectivity index (χ4n) is 2.13.